The number of hydrogen-bond acceptors (Lipinski definition) is 3. The lowest BCUT2D eigenvalue weighted by Crippen LogP contribution is -2.51. The maximum atomic E-state index is 13.3. The molecule has 1 heterocycles. The van der Waals surface area contributed by atoms with Crippen LogP contribution in [0.3, 0.4) is 0 Å². The summed E-state index contributed by atoms with van der Waals surface area (Å²) in [5.74, 6) is -2.12. The Hall–Kier alpha value is -2.95. The molecule has 1 saturated heterocycles. The number of rotatable bonds is 4. The van der Waals surface area contributed by atoms with E-state index in [0.29, 0.717) is 0 Å². The first-order valence-corrected chi connectivity index (χ1v) is 8.23. The number of Topliss-reactive ketones (excluding diaryl/α,β-unsaturated/α-hetero) is 1. The summed E-state index contributed by atoms with van der Waals surface area (Å²) in [5, 5.41) is 9.45. The Balaban J connectivity index is 1.99. The molecule has 1 aliphatic rings. The zero-order chi connectivity index (χ0) is 17.8. The highest BCUT2D eigenvalue weighted by atomic mass is 16.4. The highest BCUT2D eigenvalue weighted by molar-refractivity contribution is 5.95. The van der Waals surface area contributed by atoms with Crippen LogP contribution in [0.2, 0.25) is 0 Å². The van der Waals surface area contributed by atoms with Gasteiger partial charge in [0.15, 0.2) is 0 Å². The summed E-state index contributed by atoms with van der Waals surface area (Å²) in [6, 6.07) is 17.5. The van der Waals surface area contributed by atoms with Crippen molar-refractivity contribution < 1.29 is 19.5 Å². The molecule has 128 valence electrons. The van der Waals surface area contributed by atoms with Crippen LogP contribution in [0, 0.1) is 0 Å². The number of amides is 1. The number of carbonyl (C=O) groups is 3. The van der Waals surface area contributed by atoms with Gasteiger partial charge in [-0.05, 0) is 11.1 Å². The van der Waals surface area contributed by atoms with Gasteiger partial charge in [0, 0.05) is 19.4 Å². The van der Waals surface area contributed by atoms with E-state index in [1.807, 2.05) is 60.7 Å². The predicted molar refractivity (Wildman–Crippen MR) is 92.1 cm³/mol. The first-order chi connectivity index (χ1) is 12.1. The molecule has 0 spiro atoms. The molecule has 0 unspecified atom stereocenters. The zero-order valence-corrected chi connectivity index (χ0v) is 13.7. The first kappa shape index (κ1) is 16.9. The van der Waals surface area contributed by atoms with E-state index in [-0.39, 0.29) is 31.1 Å². The van der Waals surface area contributed by atoms with E-state index >= 15 is 0 Å². The minimum Gasteiger partial charge on any atom is -0.480 e. The van der Waals surface area contributed by atoms with Crippen LogP contribution < -0.4 is 0 Å². The van der Waals surface area contributed by atoms with Crippen LogP contribution in [0.15, 0.2) is 60.7 Å². The maximum Gasteiger partial charge on any atom is 0.326 e. The fourth-order valence-electron chi connectivity index (χ4n) is 3.25. The van der Waals surface area contributed by atoms with E-state index in [1.54, 1.807) is 0 Å². The van der Waals surface area contributed by atoms with Gasteiger partial charge in [-0.15, -0.1) is 0 Å². The van der Waals surface area contributed by atoms with Gasteiger partial charge in [-0.3, -0.25) is 9.59 Å². The van der Waals surface area contributed by atoms with Gasteiger partial charge in [-0.25, -0.2) is 4.79 Å². The van der Waals surface area contributed by atoms with Gasteiger partial charge in [0.1, 0.15) is 11.8 Å². The monoisotopic (exact) mass is 337 g/mol. The van der Waals surface area contributed by atoms with Crippen molar-refractivity contribution in [2.24, 2.45) is 0 Å². The van der Waals surface area contributed by atoms with E-state index < -0.39 is 17.9 Å². The molecule has 1 atom stereocenters. The number of carboxylic acid groups (broad SMARTS) is 1. The molecule has 0 aromatic heterocycles. The molecular formula is C20H19NO4. The summed E-state index contributed by atoms with van der Waals surface area (Å²) >= 11 is 0. The summed E-state index contributed by atoms with van der Waals surface area (Å²) in [4.78, 5) is 37.8. The lowest BCUT2D eigenvalue weighted by Gasteiger charge is -2.35. The van der Waals surface area contributed by atoms with Crippen LogP contribution in [0.4, 0.5) is 0 Å². The van der Waals surface area contributed by atoms with E-state index in [0.717, 1.165) is 11.1 Å². The maximum absolute atomic E-state index is 13.3. The third-order valence-electron chi connectivity index (χ3n) is 4.51. The molecule has 25 heavy (non-hydrogen) atoms. The van der Waals surface area contributed by atoms with Crippen LogP contribution in [0.1, 0.15) is 29.9 Å². The lowest BCUT2D eigenvalue weighted by atomic mass is 9.88. The molecule has 1 fully saturated rings. The van der Waals surface area contributed by atoms with Crippen LogP contribution in [-0.2, 0) is 14.4 Å². The van der Waals surface area contributed by atoms with Gasteiger partial charge in [0.05, 0.1) is 5.92 Å². The van der Waals surface area contributed by atoms with Gasteiger partial charge in [0.2, 0.25) is 5.91 Å². The molecule has 1 aliphatic heterocycles. The molecule has 0 aliphatic carbocycles. The molecule has 5 heteroatoms. The van der Waals surface area contributed by atoms with Crippen LogP contribution in [0.5, 0.6) is 0 Å². The largest absolute Gasteiger partial charge is 0.480 e. The van der Waals surface area contributed by atoms with Crippen LogP contribution in [0.25, 0.3) is 0 Å². The van der Waals surface area contributed by atoms with Crippen molar-refractivity contribution in [3.63, 3.8) is 0 Å². The van der Waals surface area contributed by atoms with E-state index in [4.69, 9.17) is 0 Å². The Kier molecular flexibility index (Phi) is 4.93. The molecule has 0 radical (unpaired) electrons. The normalized spacial score (nSPS) is 17.6. The highest BCUT2D eigenvalue weighted by Crippen LogP contribution is 2.29. The third kappa shape index (κ3) is 3.60. The third-order valence-corrected chi connectivity index (χ3v) is 4.51. The number of piperidine rings is 1. The van der Waals surface area contributed by atoms with Gasteiger partial charge in [-0.1, -0.05) is 60.7 Å². The van der Waals surface area contributed by atoms with Crippen molar-refractivity contribution >= 4 is 17.7 Å². The van der Waals surface area contributed by atoms with Crippen LogP contribution >= 0.6 is 0 Å². The summed E-state index contributed by atoms with van der Waals surface area (Å²) in [6.45, 7) is 0.144. The average Bonchev–Trinajstić information content (AvgIpc) is 2.63. The summed E-state index contributed by atoms with van der Waals surface area (Å²) in [6.07, 6.45) is 0.0726. The molecule has 3 rings (SSSR count). The van der Waals surface area contributed by atoms with Crippen molar-refractivity contribution in [2.75, 3.05) is 6.54 Å². The number of aliphatic carboxylic acids is 1. The van der Waals surface area contributed by atoms with Gasteiger partial charge in [-0.2, -0.15) is 0 Å². The summed E-state index contributed by atoms with van der Waals surface area (Å²) in [7, 11) is 0. The van der Waals surface area contributed by atoms with Gasteiger partial charge >= 0.3 is 5.97 Å². The SMILES string of the molecule is O=C1CCN(C(=O)C(c2ccccc2)c2ccccc2)[C@H](C(=O)O)C1. The second-order valence-electron chi connectivity index (χ2n) is 6.13. The minimum atomic E-state index is -1.14. The van der Waals surface area contributed by atoms with E-state index in [1.165, 1.54) is 4.90 Å². The smallest absolute Gasteiger partial charge is 0.326 e. The fraction of sp³-hybridized carbons (Fsp3) is 0.250. The number of benzene rings is 2. The molecule has 2 aromatic carbocycles. The van der Waals surface area contributed by atoms with Gasteiger partial charge in [0.25, 0.3) is 0 Å². The Bertz CT molecular complexity index is 733. The number of carbonyl (C=O) groups excluding carboxylic acids is 2. The summed E-state index contributed by atoms with van der Waals surface area (Å²) in [5.41, 5.74) is 1.61. The number of carboxylic acids is 1. The highest BCUT2D eigenvalue weighted by Gasteiger charge is 2.38. The molecule has 5 nitrogen and oxygen atoms in total. The second-order valence-corrected chi connectivity index (χ2v) is 6.13. The number of hydrogen-bond donors (Lipinski definition) is 1. The topological polar surface area (TPSA) is 74.7 Å². The van der Waals surface area contributed by atoms with Crippen molar-refractivity contribution in [1.82, 2.24) is 4.90 Å². The van der Waals surface area contributed by atoms with Crippen LogP contribution in [-0.4, -0.2) is 40.3 Å². The predicted octanol–water partition coefficient (Wildman–Crippen LogP) is 2.46. The van der Waals surface area contributed by atoms with Crippen molar-refractivity contribution in [1.29, 1.82) is 0 Å². The Morgan fingerprint density at radius 1 is 0.960 bits per heavy atom. The summed E-state index contributed by atoms with van der Waals surface area (Å²) < 4.78 is 0. The van der Waals surface area contributed by atoms with E-state index in [2.05, 4.69) is 0 Å². The second kappa shape index (κ2) is 7.30. The minimum absolute atomic E-state index is 0.118. The molecule has 1 N–H and O–H groups in total. The number of likely N-dealkylation sites (tertiary alicyclic amines) is 1. The zero-order valence-electron chi connectivity index (χ0n) is 13.7. The molecule has 2 aromatic rings. The first-order valence-electron chi connectivity index (χ1n) is 8.23. The number of ketones is 1. The Morgan fingerprint density at radius 3 is 1.96 bits per heavy atom. The van der Waals surface area contributed by atoms with Crippen molar-refractivity contribution in [3.8, 4) is 0 Å². The average molecular weight is 337 g/mol. The van der Waals surface area contributed by atoms with Gasteiger partial charge < -0.3 is 10.0 Å². The number of nitrogens with zero attached hydrogens (tertiary/aromatic N) is 1. The molecule has 1 amide bonds. The molecule has 0 bridgehead atoms. The Morgan fingerprint density at radius 2 is 1.48 bits per heavy atom. The quantitative estimate of drug-likeness (QED) is 0.930. The fourth-order valence-corrected chi connectivity index (χ4v) is 3.25. The Labute approximate surface area is 145 Å². The lowest BCUT2D eigenvalue weighted by molar-refractivity contribution is -0.154. The molecule has 0 saturated carbocycles. The van der Waals surface area contributed by atoms with E-state index in [9.17, 15) is 19.5 Å². The van der Waals surface area contributed by atoms with Crippen molar-refractivity contribution in [3.05, 3.63) is 71.8 Å². The van der Waals surface area contributed by atoms with Crippen molar-refractivity contribution in [2.45, 2.75) is 24.8 Å². The standard InChI is InChI=1S/C20H19NO4/c22-16-11-12-21(17(13-16)20(24)25)19(23)18(14-7-3-1-4-8-14)15-9-5-2-6-10-15/h1-10,17-18H,11-13H2,(H,24,25)/t17-/m0/s1. The molecular weight excluding hydrogens is 318 g/mol.